The average molecular weight is 165 g/mol. The van der Waals surface area contributed by atoms with E-state index in [-0.39, 0.29) is 11.1 Å². The molecule has 0 radical (unpaired) electrons. The first-order valence-electron chi connectivity index (χ1n) is 3.08. The molecule has 1 aromatic carbocycles. The summed E-state index contributed by atoms with van der Waals surface area (Å²) in [5.41, 5.74) is -0.346. The van der Waals surface area contributed by atoms with Crippen molar-refractivity contribution in [2.24, 2.45) is 0 Å². The number of aromatic carboxylic acids is 1. The maximum Gasteiger partial charge on any atom is 0.337 e. The highest BCUT2D eigenvalue weighted by Gasteiger charge is 2.09. The van der Waals surface area contributed by atoms with Gasteiger partial charge in [0.15, 0.2) is 0 Å². The lowest BCUT2D eigenvalue weighted by molar-refractivity contribution is 0.0696. The van der Waals surface area contributed by atoms with Crippen LogP contribution in [-0.2, 0) is 0 Å². The molecule has 0 saturated heterocycles. The minimum Gasteiger partial charge on any atom is -0.478 e. The fraction of sp³-hybridized carbons (Fsp3) is 0. The first-order chi connectivity index (χ1) is 5.65. The molecule has 4 heteroatoms. The molecule has 0 saturated carbocycles. The molecule has 1 aromatic rings. The van der Waals surface area contributed by atoms with E-state index in [0.29, 0.717) is 0 Å². The van der Waals surface area contributed by atoms with E-state index < -0.39 is 11.8 Å². The summed E-state index contributed by atoms with van der Waals surface area (Å²) in [5, 5.41) is 16.9. The van der Waals surface area contributed by atoms with Crippen LogP contribution in [0.1, 0.15) is 15.9 Å². The van der Waals surface area contributed by atoms with Gasteiger partial charge in [0.2, 0.25) is 0 Å². The highest BCUT2D eigenvalue weighted by Crippen LogP contribution is 2.09. The molecule has 1 N–H and O–H groups in total. The van der Waals surface area contributed by atoms with Gasteiger partial charge >= 0.3 is 5.97 Å². The number of hydrogen-bond acceptors (Lipinski definition) is 2. The van der Waals surface area contributed by atoms with Gasteiger partial charge in [0.05, 0.1) is 11.1 Å². The molecule has 0 heterocycles. The Balaban J connectivity index is 3.34. The molecule has 0 atom stereocenters. The van der Waals surface area contributed by atoms with Crippen molar-refractivity contribution in [3.63, 3.8) is 0 Å². The lowest BCUT2D eigenvalue weighted by atomic mass is 10.1. The fourth-order valence-electron chi connectivity index (χ4n) is 0.791. The van der Waals surface area contributed by atoms with Crippen molar-refractivity contribution < 1.29 is 14.3 Å². The molecule has 0 bridgehead atoms. The van der Waals surface area contributed by atoms with Crippen molar-refractivity contribution in [2.45, 2.75) is 0 Å². The average Bonchev–Trinajstić information content (AvgIpc) is 2.04. The van der Waals surface area contributed by atoms with Crippen LogP contribution in [0.5, 0.6) is 0 Å². The third kappa shape index (κ3) is 1.40. The van der Waals surface area contributed by atoms with E-state index in [2.05, 4.69) is 0 Å². The molecule has 0 spiro atoms. The molecule has 3 nitrogen and oxygen atoms in total. The van der Waals surface area contributed by atoms with Gasteiger partial charge < -0.3 is 5.11 Å². The van der Waals surface area contributed by atoms with E-state index in [1.807, 2.05) is 0 Å². The molecule has 0 aliphatic rings. The molecule has 1 rings (SSSR count). The highest BCUT2D eigenvalue weighted by atomic mass is 19.1. The van der Waals surface area contributed by atoms with Crippen LogP contribution >= 0.6 is 0 Å². The predicted octanol–water partition coefficient (Wildman–Crippen LogP) is 1.40. The first kappa shape index (κ1) is 8.21. The Morgan fingerprint density at radius 2 is 2.25 bits per heavy atom. The predicted molar refractivity (Wildman–Crippen MR) is 38.1 cm³/mol. The standard InChI is InChI=1S/C8H4FNO2/c9-6-2-1-5(4-10)7(3-6)8(11)12/h1-3H,(H,11,12). The largest absolute Gasteiger partial charge is 0.478 e. The molecule has 0 aliphatic heterocycles. The van der Waals surface area contributed by atoms with Gasteiger partial charge in [0.1, 0.15) is 11.9 Å². The Hall–Kier alpha value is -1.89. The van der Waals surface area contributed by atoms with Gasteiger partial charge in [-0.2, -0.15) is 5.26 Å². The second-order valence-corrected chi connectivity index (χ2v) is 2.11. The summed E-state index contributed by atoms with van der Waals surface area (Å²) in [6.45, 7) is 0. The normalized spacial score (nSPS) is 9.00. The first-order valence-corrected chi connectivity index (χ1v) is 3.08. The Bertz CT molecular complexity index is 368. The van der Waals surface area contributed by atoms with Crippen LogP contribution in [0.4, 0.5) is 4.39 Å². The van der Waals surface area contributed by atoms with Crippen LogP contribution in [0, 0.1) is 17.1 Å². The van der Waals surface area contributed by atoms with Gasteiger partial charge in [-0.25, -0.2) is 9.18 Å². The summed E-state index contributed by atoms with van der Waals surface area (Å²) in [6.07, 6.45) is 0. The Morgan fingerprint density at radius 1 is 1.58 bits per heavy atom. The number of carboxylic acids is 1. The van der Waals surface area contributed by atoms with Gasteiger partial charge in [-0.1, -0.05) is 0 Å². The molecule has 60 valence electrons. The molecule has 0 aromatic heterocycles. The van der Waals surface area contributed by atoms with Crippen molar-refractivity contribution in [3.8, 4) is 6.07 Å². The maximum atomic E-state index is 12.5. The van der Waals surface area contributed by atoms with Crippen molar-refractivity contribution in [3.05, 3.63) is 35.1 Å². The molecule has 0 unspecified atom stereocenters. The van der Waals surface area contributed by atoms with Crippen LogP contribution in [0.3, 0.4) is 0 Å². The Morgan fingerprint density at radius 3 is 2.75 bits per heavy atom. The zero-order valence-electron chi connectivity index (χ0n) is 5.91. The highest BCUT2D eigenvalue weighted by molar-refractivity contribution is 5.90. The van der Waals surface area contributed by atoms with E-state index in [1.165, 1.54) is 0 Å². The lowest BCUT2D eigenvalue weighted by Crippen LogP contribution is -2.00. The number of nitrogens with zero attached hydrogens (tertiary/aromatic N) is 1. The zero-order chi connectivity index (χ0) is 9.14. The summed E-state index contributed by atoms with van der Waals surface area (Å²) < 4.78 is 12.5. The maximum absolute atomic E-state index is 12.5. The summed E-state index contributed by atoms with van der Waals surface area (Å²) >= 11 is 0. The SMILES string of the molecule is N#Cc1ccc(F)cc1C(=O)O. The second kappa shape index (κ2) is 3.01. The van der Waals surface area contributed by atoms with Gasteiger partial charge in [-0.15, -0.1) is 0 Å². The van der Waals surface area contributed by atoms with Gasteiger partial charge in [0.25, 0.3) is 0 Å². The smallest absolute Gasteiger partial charge is 0.337 e. The van der Waals surface area contributed by atoms with E-state index in [1.54, 1.807) is 6.07 Å². The molecule has 0 amide bonds. The number of halogens is 1. The van der Waals surface area contributed by atoms with E-state index >= 15 is 0 Å². The number of hydrogen-bond donors (Lipinski definition) is 1. The second-order valence-electron chi connectivity index (χ2n) is 2.11. The zero-order valence-corrected chi connectivity index (χ0v) is 5.91. The summed E-state index contributed by atoms with van der Waals surface area (Å²) in [5.74, 6) is -1.96. The molecule has 0 fully saturated rings. The van der Waals surface area contributed by atoms with Gasteiger partial charge in [0, 0.05) is 0 Å². The lowest BCUT2D eigenvalue weighted by Gasteiger charge is -1.96. The number of carbonyl (C=O) groups is 1. The number of rotatable bonds is 1. The summed E-state index contributed by atoms with van der Waals surface area (Å²) in [4.78, 5) is 10.4. The number of nitriles is 1. The third-order valence-electron chi connectivity index (χ3n) is 1.33. The Kier molecular flexibility index (Phi) is 2.06. The van der Waals surface area contributed by atoms with E-state index in [4.69, 9.17) is 10.4 Å². The minimum absolute atomic E-state index is 0.0381. The topological polar surface area (TPSA) is 61.1 Å². The van der Waals surface area contributed by atoms with Crippen LogP contribution in [0.2, 0.25) is 0 Å². The minimum atomic E-state index is -1.30. The van der Waals surface area contributed by atoms with Crippen LogP contribution in [0.25, 0.3) is 0 Å². The number of benzene rings is 1. The molecule has 0 aliphatic carbocycles. The van der Waals surface area contributed by atoms with Crippen LogP contribution < -0.4 is 0 Å². The molecular weight excluding hydrogens is 161 g/mol. The third-order valence-corrected chi connectivity index (χ3v) is 1.33. The fourth-order valence-corrected chi connectivity index (χ4v) is 0.791. The van der Waals surface area contributed by atoms with Gasteiger partial charge in [-0.3, -0.25) is 0 Å². The van der Waals surface area contributed by atoms with Crippen molar-refractivity contribution >= 4 is 5.97 Å². The van der Waals surface area contributed by atoms with E-state index in [0.717, 1.165) is 18.2 Å². The van der Waals surface area contributed by atoms with E-state index in [9.17, 15) is 9.18 Å². The Labute approximate surface area is 67.7 Å². The monoisotopic (exact) mass is 165 g/mol. The van der Waals surface area contributed by atoms with Crippen molar-refractivity contribution in [1.82, 2.24) is 0 Å². The molecule has 12 heavy (non-hydrogen) atoms. The molecular formula is C8H4FNO2. The summed E-state index contributed by atoms with van der Waals surface area (Å²) in [7, 11) is 0. The van der Waals surface area contributed by atoms with Gasteiger partial charge in [-0.05, 0) is 18.2 Å². The van der Waals surface area contributed by atoms with Crippen molar-refractivity contribution in [2.75, 3.05) is 0 Å². The summed E-state index contributed by atoms with van der Waals surface area (Å²) in [6, 6.07) is 4.66. The number of carboxylic acid groups (broad SMARTS) is 1. The van der Waals surface area contributed by atoms with Crippen molar-refractivity contribution in [1.29, 1.82) is 5.26 Å². The quantitative estimate of drug-likeness (QED) is 0.684. The van der Waals surface area contributed by atoms with Crippen LogP contribution in [-0.4, -0.2) is 11.1 Å². The van der Waals surface area contributed by atoms with Crippen LogP contribution in [0.15, 0.2) is 18.2 Å².